The van der Waals surface area contributed by atoms with E-state index in [2.05, 4.69) is 10.6 Å². The number of esters is 1. The molecule has 9 N–H and O–H groups in total. The molecule has 0 unspecified atom stereocenters. The molecule has 4 aliphatic carbocycles. The van der Waals surface area contributed by atoms with Crippen LogP contribution in [0.3, 0.4) is 0 Å². The molecule has 0 aromatic heterocycles. The molecule has 1 saturated heterocycles. The van der Waals surface area contributed by atoms with Gasteiger partial charge in [0.2, 0.25) is 0 Å². The summed E-state index contributed by atoms with van der Waals surface area (Å²) >= 11 is 0. The van der Waals surface area contributed by atoms with E-state index in [-0.39, 0.29) is 131 Å². The van der Waals surface area contributed by atoms with Crippen molar-refractivity contribution >= 4 is 42.1 Å². The monoisotopic (exact) mass is 1020 g/mol. The van der Waals surface area contributed by atoms with Crippen LogP contribution in [0.1, 0.15) is 198 Å². The molecular formula is C52H84ClKN5NaO9. The number of ketones is 1. The molecule has 3 amide bonds. The number of aliphatic carboxylic acids is 1. The number of imide groups is 1. The van der Waals surface area contributed by atoms with E-state index in [9.17, 15) is 24.0 Å². The van der Waals surface area contributed by atoms with Crippen LogP contribution in [-0.2, 0) is 37.1 Å². The summed E-state index contributed by atoms with van der Waals surface area (Å²) in [4.78, 5) is 56.6. The summed E-state index contributed by atoms with van der Waals surface area (Å²) in [6.45, 7) is 5.21. The molecule has 380 valence electrons. The van der Waals surface area contributed by atoms with Gasteiger partial charge < -0.3 is 49.0 Å². The number of rotatable bonds is 5. The Balaban J connectivity index is -0.000000383. The largest absolute Gasteiger partial charge is 1.00 e. The molecule has 2 aromatic carbocycles. The third-order valence-corrected chi connectivity index (χ3v) is 12.7. The van der Waals surface area contributed by atoms with Gasteiger partial charge in [0, 0.05) is 12.8 Å². The molecule has 0 bridgehead atoms. The van der Waals surface area contributed by atoms with E-state index in [1.807, 2.05) is 60.7 Å². The van der Waals surface area contributed by atoms with Gasteiger partial charge in [-0.15, -0.1) is 12.4 Å². The van der Waals surface area contributed by atoms with Gasteiger partial charge in [-0.05, 0) is 62.5 Å². The molecule has 0 atom stereocenters. The molecule has 2 aromatic rings. The first-order valence-electron chi connectivity index (χ1n) is 24.0. The van der Waals surface area contributed by atoms with E-state index < -0.39 is 22.6 Å². The Morgan fingerprint density at radius 1 is 0.609 bits per heavy atom. The van der Waals surface area contributed by atoms with Gasteiger partial charge in [-0.25, -0.2) is 4.79 Å². The quantitative estimate of drug-likeness (QED) is 0.105. The third-order valence-electron chi connectivity index (χ3n) is 12.7. The van der Waals surface area contributed by atoms with Crippen molar-refractivity contribution in [2.45, 2.75) is 217 Å². The van der Waals surface area contributed by atoms with Gasteiger partial charge in [-0.3, -0.25) is 24.5 Å². The van der Waals surface area contributed by atoms with Gasteiger partial charge in [0.15, 0.2) is 0 Å². The number of aliphatic hydroxyl groups is 1. The van der Waals surface area contributed by atoms with Crippen molar-refractivity contribution in [2.24, 2.45) is 11.5 Å². The number of carbonyl (C=O) groups excluding carboxylic acids is 4. The van der Waals surface area contributed by atoms with Crippen LogP contribution in [0.2, 0.25) is 0 Å². The van der Waals surface area contributed by atoms with Crippen LogP contribution >= 0.6 is 12.4 Å². The van der Waals surface area contributed by atoms with Crippen molar-refractivity contribution in [3.05, 3.63) is 78.4 Å². The van der Waals surface area contributed by atoms with Gasteiger partial charge in [0.05, 0.1) is 6.61 Å². The summed E-state index contributed by atoms with van der Waals surface area (Å²) in [5, 5.41) is 28.8. The molecule has 69 heavy (non-hydrogen) atoms. The molecule has 5 aliphatic rings. The van der Waals surface area contributed by atoms with Crippen LogP contribution in [0.5, 0.6) is 0 Å². The first-order chi connectivity index (χ1) is 30.9. The maximum absolute atomic E-state index is 12.2. The molecule has 1 aliphatic heterocycles. The number of Topliss-reactive ketones (excluding diaryl/α,β-unsaturated/α-hetero) is 1. The number of nitrogens with zero attached hydrogens (tertiary/aromatic N) is 1. The second-order valence-corrected chi connectivity index (χ2v) is 17.9. The smallest absolute Gasteiger partial charge is 0.870 e. The normalized spacial score (nSPS) is 18.9. The van der Waals surface area contributed by atoms with Gasteiger partial charge >= 0.3 is 98.9 Å². The van der Waals surface area contributed by atoms with Crippen LogP contribution in [0.4, 0.5) is 4.79 Å². The number of carbonyl (C=O) groups is 5. The van der Waals surface area contributed by atoms with E-state index in [1.165, 1.54) is 64.2 Å². The SMILES string of the molecule is C.Cl.NC1(C(=O)O)CCCCCCC1.NC1(C(=O)OCc2ccccc2)CCCCCCC1.O=C1CCCCCCC1.O=C1NC(=O)C2(CCCCCCC2)N1.OCc1ccccc1.[C-]#N.[K+].[Na+].[OH-]. The standard InChI is InChI=1S/C16H23NO2.C10H16N2O2.C9H17NO2.C8H14O.C7H8O.CN.CH4.ClH.K.Na.H2O/c17-16(11-7-2-1-3-8-12-16)15(18)19-13-14-9-5-4-6-10-14;13-8-10(12-9(14)11-8)6-4-2-1-3-5-7-10;10-9(8(11)12)6-4-2-1-3-5-7-9;9-8-6-4-2-1-3-5-7-8;8-6-7-4-2-1-3-5-7;1-2;;;;;/h4-6,9-10H,1-3,7-8,11-13,17H2;1-7H2,(H2,11,12,13,14);1-7,10H2,(H,11,12);1-7H2;1-5,8H,6H2;;1H4;1H;;;1H2/q;;;;;-1;;;2*+1;/p-1. The van der Waals surface area contributed by atoms with Crippen LogP contribution < -0.4 is 103 Å². The maximum atomic E-state index is 12.2. The predicted molar refractivity (Wildman–Crippen MR) is 265 cm³/mol. The van der Waals surface area contributed by atoms with Crippen molar-refractivity contribution < 1.29 is 125 Å². The topological polar surface area (TPSA) is 265 Å². The zero-order chi connectivity index (χ0) is 46.9. The minimum atomic E-state index is -0.930. The Hall–Kier alpha value is -1.75. The minimum absolute atomic E-state index is 0. The summed E-state index contributed by atoms with van der Waals surface area (Å²) in [5.74, 6) is -0.707. The van der Waals surface area contributed by atoms with E-state index in [0.29, 0.717) is 25.2 Å². The average Bonchev–Trinajstić information content (AvgIpc) is 3.56. The summed E-state index contributed by atoms with van der Waals surface area (Å²) in [7, 11) is 0. The number of nitrogens with two attached hydrogens (primary N) is 2. The van der Waals surface area contributed by atoms with Crippen molar-refractivity contribution in [3.63, 3.8) is 0 Å². The molecule has 17 heteroatoms. The Morgan fingerprint density at radius 2 is 0.957 bits per heavy atom. The van der Waals surface area contributed by atoms with Crippen LogP contribution in [0.15, 0.2) is 60.7 Å². The zero-order valence-corrected chi connectivity index (χ0v) is 47.2. The molecule has 7 rings (SSSR count). The van der Waals surface area contributed by atoms with Crippen LogP contribution in [-0.4, -0.2) is 62.0 Å². The predicted octanol–water partition coefficient (Wildman–Crippen LogP) is 4.46. The number of urea groups is 1. The number of carboxylic acid groups (broad SMARTS) is 1. The number of halogens is 1. The Labute approximate surface area is 485 Å². The Morgan fingerprint density at radius 3 is 1.30 bits per heavy atom. The van der Waals surface area contributed by atoms with Gasteiger partial charge in [0.1, 0.15) is 29.0 Å². The molecule has 5 fully saturated rings. The Kier molecular flexibility index (Phi) is 46.8. The van der Waals surface area contributed by atoms with Crippen molar-refractivity contribution in [1.29, 1.82) is 5.26 Å². The zero-order valence-electron chi connectivity index (χ0n) is 41.3. The van der Waals surface area contributed by atoms with E-state index in [4.69, 9.17) is 38.3 Å². The maximum Gasteiger partial charge on any atom is 1.00 e. The van der Waals surface area contributed by atoms with Gasteiger partial charge in [0.25, 0.3) is 5.91 Å². The van der Waals surface area contributed by atoms with Crippen LogP contribution in [0.25, 0.3) is 0 Å². The number of aliphatic hydroxyl groups excluding tert-OH is 1. The first kappa shape index (κ1) is 73.8. The van der Waals surface area contributed by atoms with Crippen molar-refractivity contribution in [3.8, 4) is 0 Å². The fraction of sp³-hybridized carbons (Fsp3) is 0.654. The van der Waals surface area contributed by atoms with E-state index >= 15 is 0 Å². The van der Waals surface area contributed by atoms with Gasteiger partial charge in [-0.1, -0.05) is 184 Å². The summed E-state index contributed by atoms with van der Waals surface area (Å²) in [6.07, 6.45) is 29.0. The summed E-state index contributed by atoms with van der Waals surface area (Å²) in [6, 6.07) is 18.9. The van der Waals surface area contributed by atoms with E-state index in [1.54, 1.807) is 0 Å². The third kappa shape index (κ3) is 30.8. The summed E-state index contributed by atoms with van der Waals surface area (Å²) in [5.41, 5.74) is 11.7. The van der Waals surface area contributed by atoms with Gasteiger partial charge in [-0.2, -0.15) is 0 Å². The Bertz CT molecular complexity index is 1650. The molecule has 0 radical (unpaired) electrons. The molecular weight excluding hydrogens is 936 g/mol. The number of carboxylic acids is 1. The molecule has 14 nitrogen and oxygen atoms in total. The fourth-order valence-electron chi connectivity index (χ4n) is 8.63. The average molecular weight is 1020 g/mol. The minimum Gasteiger partial charge on any atom is -0.870 e. The molecule has 1 spiro atoms. The fourth-order valence-corrected chi connectivity index (χ4v) is 8.63. The van der Waals surface area contributed by atoms with Crippen molar-refractivity contribution in [2.75, 3.05) is 0 Å². The first-order valence-corrected chi connectivity index (χ1v) is 24.0. The number of nitrogens with one attached hydrogen (secondary N) is 2. The number of amides is 3. The molecule has 1 heterocycles. The van der Waals surface area contributed by atoms with E-state index in [0.717, 1.165) is 114 Å². The second-order valence-electron chi connectivity index (χ2n) is 17.9. The second kappa shape index (κ2) is 43.8. The number of hydrogen-bond acceptors (Lipinski definition) is 11. The van der Waals surface area contributed by atoms with Crippen molar-refractivity contribution in [1.82, 2.24) is 10.6 Å². The van der Waals surface area contributed by atoms with Crippen LogP contribution in [0, 0.1) is 11.8 Å². The number of benzene rings is 2. The summed E-state index contributed by atoms with van der Waals surface area (Å²) < 4.78 is 5.40. The molecule has 4 saturated carbocycles. The number of ether oxygens (including phenoxy) is 1. The number of hydrogen-bond donors (Lipinski definition) is 6.